The predicted octanol–water partition coefficient (Wildman–Crippen LogP) is 15.6. The number of hydrogen-bond acceptors (Lipinski definition) is 2. The molecular weight excluding hydrogens is 709 g/mol. The molecule has 2 nitrogen and oxygen atoms in total. The van der Waals surface area contributed by atoms with Crippen LogP contribution >= 0.6 is 11.3 Å². The standard InChI is InChI=1S/C54H36N2S/c1-4-12-37(13-5-1)39-20-26-44(27-21-39)55(46-30-33-54-50(36-46)49-35-42(25-32-53(49)57-54)38-14-6-2-7-15-38)45-28-22-40(23-29-45)41-24-31-52-48(34-41)47-18-10-11-19-51(47)56(52)43-16-8-3-9-17-43/h1-36H. The van der Waals surface area contributed by atoms with Gasteiger partial charge < -0.3 is 9.47 Å². The topological polar surface area (TPSA) is 8.17 Å². The zero-order valence-electron chi connectivity index (χ0n) is 31.1. The van der Waals surface area contributed by atoms with Gasteiger partial charge in [-0.25, -0.2) is 0 Å². The van der Waals surface area contributed by atoms with Gasteiger partial charge in [-0.3, -0.25) is 0 Å². The number of para-hydroxylation sites is 2. The Hall–Kier alpha value is -7.20. The predicted molar refractivity (Wildman–Crippen MR) is 245 cm³/mol. The minimum Gasteiger partial charge on any atom is -0.310 e. The molecule has 0 fully saturated rings. The summed E-state index contributed by atoms with van der Waals surface area (Å²) in [6.07, 6.45) is 0. The average molecular weight is 745 g/mol. The van der Waals surface area contributed by atoms with E-state index in [-0.39, 0.29) is 0 Å². The molecule has 57 heavy (non-hydrogen) atoms. The number of fused-ring (bicyclic) bond motifs is 6. The quantitative estimate of drug-likeness (QED) is 0.158. The van der Waals surface area contributed by atoms with Crippen molar-refractivity contribution >= 4 is 70.4 Å². The van der Waals surface area contributed by atoms with Crippen LogP contribution in [0.1, 0.15) is 0 Å². The fraction of sp³-hybridized carbons (Fsp3) is 0. The lowest BCUT2D eigenvalue weighted by Crippen LogP contribution is -2.09. The second kappa shape index (κ2) is 13.8. The Labute approximate surface area is 335 Å². The third-order valence-electron chi connectivity index (χ3n) is 11.2. The molecule has 2 aromatic heterocycles. The van der Waals surface area contributed by atoms with E-state index in [0.717, 1.165) is 17.1 Å². The van der Waals surface area contributed by atoms with Gasteiger partial charge >= 0.3 is 0 Å². The zero-order chi connectivity index (χ0) is 37.7. The first-order chi connectivity index (χ1) is 28.2. The molecule has 0 spiro atoms. The highest BCUT2D eigenvalue weighted by molar-refractivity contribution is 7.25. The normalized spacial score (nSPS) is 11.5. The van der Waals surface area contributed by atoms with Crippen molar-refractivity contribution in [2.75, 3.05) is 4.90 Å². The summed E-state index contributed by atoms with van der Waals surface area (Å²) in [5, 5.41) is 5.07. The summed E-state index contributed by atoms with van der Waals surface area (Å²) in [7, 11) is 0. The number of benzene rings is 9. The molecule has 0 saturated carbocycles. The first-order valence-electron chi connectivity index (χ1n) is 19.4. The van der Waals surface area contributed by atoms with Gasteiger partial charge in [0, 0.05) is 53.7 Å². The van der Waals surface area contributed by atoms with Crippen LogP contribution in [-0.2, 0) is 0 Å². The lowest BCUT2D eigenvalue weighted by molar-refractivity contribution is 1.18. The minimum absolute atomic E-state index is 1.11. The molecule has 11 aromatic rings. The van der Waals surface area contributed by atoms with Crippen molar-refractivity contribution < 1.29 is 0 Å². The Morgan fingerprint density at radius 1 is 0.298 bits per heavy atom. The van der Waals surface area contributed by atoms with Crippen LogP contribution < -0.4 is 4.90 Å². The zero-order valence-corrected chi connectivity index (χ0v) is 31.9. The van der Waals surface area contributed by atoms with Crippen molar-refractivity contribution in [2.24, 2.45) is 0 Å². The third kappa shape index (κ3) is 5.88. The summed E-state index contributed by atoms with van der Waals surface area (Å²) >= 11 is 1.86. The molecule has 0 aliphatic rings. The van der Waals surface area contributed by atoms with Gasteiger partial charge in [-0.2, -0.15) is 0 Å². The highest BCUT2D eigenvalue weighted by Crippen LogP contribution is 2.43. The van der Waals surface area contributed by atoms with E-state index in [1.165, 1.54) is 81.0 Å². The van der Waals surface area contributed by atoms with E-state index in [2.05, 4.69) is 228 Å². The molecule has 0 atom stereocenters. The van der Waals surface area contributed by atoms with Crippen LogP contribution in [0.15, 0.2) is 218 Å². The first kappa shape index (κ1) is 33.2. The smallest absolute Gasteiger partial charge is 0.0541 e. The Morgan fingerprint density at radius 3 is 1.40 bits per heavy atom. The minimum atomic E-state index is 1.11. The van der Waals surface area contributed by atoms with Gasteiger partial charge in [-0.15, -0.1) is 11.3 Å². The third-order valence-corrected chi connectivity index (χ3v) is 12.3. The fourth-order valence-electron chi connectivity index (χ4n) is 8.41. The van der Waals surface area contributed by atoms with E-state index in [1.807, 2.05) is 11.3 Å². The second-order valence-corrected chi connectivity index (χ2v) is 15.7. The van der Waals surface area contributed by atoms with Crippen molar-refractivity contribution in [3.8, 4) is 39.1 Å². The van der Waals surface area contributed by atoms with Gasteiger partial charge in [0.25, 0.3) is 0 Å². The molecular formula is C54H36N2S. The van der Waals surface area contributed by atoms with Crippen LogP contribution in [0, 0.1) is 0 Å². The summed E-state index contributed by atoms with van der Waals surface area (Å²) < 4.78 is 4.96. The van der Waals surface area contributed by atoms with Crippen molar-refractivity contribution in [3.05, 3.63) is 218 Å². The van der Waals surface area contributed by atoms with Crippen LogP contribution in [0.3, 0.4) is 0 Å². The largest absolute Gasteiger partial charge is 0.310 e. The van der Waals surface area contributed by atoms with Crippen LogP contribution in [0.2, 0.25) is 0 Å². The Kier molecular flexibility index (Phi) is 8.04. The van der Waals surface area contributed by atoms with Crippen molar-refractivity contribution in [2.45, 2.75) is 0 Å². The number of anilines is 3. The lowest BCUT2D eigenvalue weighted by atomic mass is 10.0. The van der Waals surface area contributed by atoms with Gasteiger partial charge in [0.2, 0.25) is 0 Å². The molecule has 0 amide bonds. The SMILES string of the molecule is c1ccc(-c2ccc(N(c3ccc(-c4ccc5c(c4)c4ccccc4n5-c4ccccc4)cc3)c3ccc4sc5ccc(-c6ccccc6)cc5c4c3)cc2)cc1. The number of aromatic nitrogens is 1. The Bertz CT molecular complexity index is 3200. The van der Waals surface area contributed by atoms with Gasteiger partial charge in [0.05, 0.1) is 11.0 Å². The molecule has 0 N–H and O–H groups in total. The van der Waals surface area contributed by atoms with Crippen molar-refractivity contribution in [3.63, 3.8) is 0 Å². The fourth-order valence-corrected chi connectivity index (χ4v) is 9.47. The second-order valence-electron chi connectivity index (χ2n) is 14.6. The number of nitrogens with zero attached hydrogens (tertiary/aromatic N) is 2. The van der Waals surface area contributed by atoms with Crippen molar-refractivity contribution in [1.82, 2.24) is 4.57 Å². The molecule has 9 aromatic carbocycles. The Morgan fingerprint density at radius 2 is 0.737 bits per heavy atom. The molecule has 0 radical (unpaired) electrons. The average Bonchev–Trinajstić information content (AvgIpc) is 3.82. The molecule has 0 saturated heterocycles. The lowest BCUT2D eigenvalue weighted by Gasteiger charge is -2.26. The van der Waals surface area contributed by atoms with Crippen LogP contribution in [-0.4, -0.2) is 4.57 Å². The number of rotatable bonds is 7. The monoisotopic (exact) mass is 744 g/mol. The van der Waals surface area contributed by atoms with E-state index in [9.17, 15) is 0 Å². The Balaban J connectivity index is 1.02. The molecule has 0 bridgehead atoms. The van der Waals surface area contributed by atoms with Gasteiger partial charge in [-0.1, -0.05) is 133 Å². The van der Waals surface area contributed by atoms with E-state index < -0.39 is 0 Å². The number of hydrogen-bond donors (Lipinski definition) is 0. The summed E-state index contributed by atoms with van der Waals surface area (Å²) in [6, 6.07) is 79.4. The van der Waals surface area contributed by atoms with E-state index in [4.69, 9.17) is 0 Å². The van der Waals surface area contributed by atoms with Crippen LogP contribution in [0.5, 0.6) is 0 Å². The van der Waals surface area contributed by atoms with Gasteiger partial charge in [-0.05, 0) is 118 Å². The van der Waals surface area contributed by atoms with Gasteiger partial charge in [0.1, 0.15) is 0 Å². The van der Waals surface area contributed by atoms with E-state index in [0.29, 0.717) is 0 Å². The van der Waals surface area contributed by atoms with E-state index in [1.54, 1.807) is 0 Å². The summed E-state index contributed by atoms with van der Waals surface area (Å²) in [4.78, 5) is 2.39. The first-order valence-corrected chi connectivity index (χ1v) is 20.2. The molecule has 268 valence electrons. The highest BCUT2D eigenvalue weighted by atomic mass is 32.1. The van der Waals surface area contributed by atoms with E-state index >= 15 is 0 Å². The van der Waals surface area contributed by atoms with Crippen molar-refractivity contribution in [1.29, 1.82) is 0 Å². The molecule has 3 heteroatoms. The molecule has 2 heterocycles. The van der Waals surface area contributed by atoms with Crippen LogP contribution in [0.25, 0.3) is 81.0 Å². The molecule has 11 rings (SSSR count). The highest BCUT2D eigenvalue weighted by Gasteiger charge is 2.17. The summed E-state index contributed by atoms with van der Waals surface area (Å²) in [5.41, 5.74) is 14.2. The molecule has 0 aliphatic carbocycles. The van der Waals surface area contributed by atoms with Crippen LogP contribution in [0.4, 0.5) is 17.1 Å². The maximum Gasteiger partial charge on any atom is 0.0541 e. The maximum atomic E-state index is 2.39. The maximum absolute atomic E-state index is 2.39. The number of thiophene rings is 1. The summed E-state index contributed by atoms with van der Waals surface area (Å²) in [6.45, 7) is 0. The van der Waals surface area contributed by atoms with Gasteiger partial charge in [0.15, 0.2) is 0 Å². The molecule has 0 aliphatic heterocycles. The molecule has 0 unspecified atom stereocenters. The summed E-state index contributed by atoms with van der Waals surface area (Å²) in [5.74, 6) is 0.